The van der Waals surface area contributed by atoms with Crippen molar-refractivity contribution in [2.24, 2.45) is 5.92 Å². The lowest BCUT2D eigenvalue weighted by Gasteiger charge is -2.08. The molecule has 2 rings (SSSR count). The lowest BCUT2D eigenvalue weighted by Crippen LogP contribution is -2.22. The van der Waals surface area contributed by atoms with Gasteiger partial charge in [-0.1, -0.05) is 0 Å². The number of aromatic hydroxyl groups is 2. The van der Waals surface area contributed by atoms with E-state index in [-0.39, 0.29) is 37.2 Å². The zero-order valence-electron chi connectivity index (χ0n) is 10.0. The summed E-state index contributed by atoms with van der Waals surface area (Å²) in [6.07, 6.45) is 0.425. The van der Waals surface area contributed by atoms with E-state index in [4.69, 9.17) is 4.84 Å². The Morgan fingerprint density at radius 1 is 1.21 bits per heavy atom. The number of nitrogens with zero attached hydrogens (tertiary/aromatic N) is 1. The van der Waals surface area contributed by atoms with Crippen LogP contribution in [0.15, 0.2) is 12.1 Å². The predicted octanol–water partition coefficient (Wildman–Crippen LogP) is 0.183. The van der Waals surface area contributed by atoms with E-state index >= 15 is 0 Å². The average molecular weight is 267 g/mol. The second kappa shape index (κ2) is 5.13. The molecule has 0 aliphatic heterocycles. The largest absolute Gasteiger partial charge is 0.492 e. The third-order valence-electron chi connectivity index (χ3n) is 3.02. The Balaban J connectivity index is 1.89. The topological polar surface area (TPSA) is 106 Å². The number of carbonyl (C=O) groups excluding carboxylic acids is 3. The molecular formula is C12H13NO6. The Morgan fingerprint density at radius 3 is 2.26 bits per heavy atom. The van der Waals surface area contributed by atoms with Crippen molar-refractivity contribution in [3.63, 3.8) is 0 Å². The van der Waals surface area contributed by atoms with E-state index in [0.29, 0.717) is 4.73 Å². The summed E-state index contributed by atoms with van der Waals surface area (Å²) in [5.74, 6) is -2.60. The van der Waals surface area contributed by atoms with Crippen LogP contribution in [-0.4, -0.2) is 32.5 Å². The van der Waals surface area contributed by atoms with Crippen LogP contribution >= 0.6 is 0 Å². The second-order valence-corrected chi connectivity index (χ2v) is 4.33. The van der Waals surface area contributed by atoms with Crippen LogP contribution in [0.25, 0.3) is 0 Å². The van der Waals surface area contributed by atoms with Crippen molar-refractivity contribution in [1.29, 1.82) is 0 Å². The fraction of sp³-hybridized carbons (Fsp3) is 0.417. The van der Waals surface area contributed by atoms with Crippen LogP contribution in [0.1, 0.15) is 25.7 Å². The van der Waals surface area contributed by atoms with Crippen molar-refractivity contribution < 1.29 is 29.4 Å². The molecule has 0 unspecified atom stereocenters. The van der Waals surface area contributed by atoms with Gasteiger partial charge in [0, 0.05) is 31.4 Å². The molecule has 1 saturated carbocycles. The summed E-state index contributed by atoms with van der Waals surface area (Å²) >= 11 is 0. The number of carbonyl (C=O) groups is 3. The molecule has 0 amide bonds. The Bertz CT molecular complexity index is 497. The molecule has 2 N–H and O–H groups in total. The van der Waals surface area contributed by atoms with Crippen LogP contribution < -0.4 is 4.84 Å². The van der Waals surface area contributed by atoms with E-state index < -0.39 is 23.6 Å². The molecule has 0 saturated heterocycles. The second-order valence-electron chi connectivity index (χ2n) is 4.33. The Labute approximate surface area is 108 Å². The third-order valence-corrected chi connectivity index (χ3v) is 3.02. The monoisotopic (exact) mass is 267 g/mol. The van der Waals surface area contributed by atoms with Gasteiger partial charge in [-0.2, -0.15) is 0 Å². The molecule has 1 aliphatic carbocycles. The van der Waals surface area contributed by atoms with E-state index in [1.807, 2.05) is 0 Å². The summed E-state index contributed by atoms with van der Waals surface area (Å²) in [5, 5.41) is 18.5. The summed E-state index contributed by atoms with van der Waals surface area (Å²) in [4.78, 5) is 38.9. The molecule has 1 fully saturated rings. The highest BCUT2D eigenvalue weighted by Crippen LogP contribution is 2.23. The van der Waals surface area contributed by atoms with Gasteiger partial charge >= 0.3 is 5.97 Å². The molecule has 7 nitrogen and oxygen atoms in total. The average Bonchev–Trinajstić information content (AvgIpc) is 2.84. The minimum atomic E-state index is -0.741. The molecule has 0 aromatic carbocycles. The van der Waals surface area contributed by atoms with Crippen LogP contribution in [-0.2, 0) is 14.4 Å². The van der Waals surface area contributed by atoms with E-state index in [2.05, 4.69) is 0 Å². The molecule has 1 aromatic heterocycles. The SMILES string of the molecule is O=C(CCC1C(=O)CCC1=O)On1c(O)ccc1O. The van der Waals surface area contributed by atoms with Gasteiger partial charge in [-0.15, -0.1) is 4.73 Å². The molecule has 19 heavy (non-hydrogen) atoms. The fourth-order valence-corrected chi connectivity index (χ4v) is 2.00. The van der Waals surface area contributed by atoms with Crippen molar-refractivity contribution in [1.82, 2.24) is 4.73 Å². The maximum Gasteiger partial charge on any atom is 0.333 e. The number of rotatable bonds is 4. The highest BCUT2D eigenvalue weighted by atomic mass is 16.7. The van der Waals surface area contributed by atoms with E-state index in [1.165, 1.54) is 0 Å². The number of ketones is 2. The minimum absolute atomic E-state index is 0.0965. The van der Waals surface area contributed by atoms with Gasteiger partial charge in [0.25, 0.3) is 0 Å². The molecular weight excluding hydrogens is 254 g/mol. The maximum absolute atomic E-state index is 11.5. The van der Waals surface area contributed by atoms with E-state index in [1.54, 1.807) is 0 Å². The Hall–Kier alpha value is -2.31. The number of hydrogen-bond acceptors (Lipinski definition) is 6. The smallest absolute Gasteiger partial charge is 0.333 e. The number of aromatic nitrogens is 1. The zero-order chi connectivity index (χ0) is 14.0. The van der Waals surface area contributed by atoms with Gasteiger partial charge in [-0.3, -0.25) is 9.59 Å². The van der Waals surface area contributed by atoms with Crippen LogP contribution in [0.3, 0.4) is 0 Å². The maximum atomic E-state index is 11.5. The quantitative estimate of drug-likeness (QED) is 0.754. The standard InChI is InChI=1S/C12H13NO6/c14-8-2-3-9(15)7(8)1-6-12(18)19-13-10(16)4-5-11(13)17/h4-5,7,16-17H,1-3,6H2. The molecule has 0 atom stereocenters. The normalized spacial score (nSPS) is 16.0. The molecule has 1 aromatic rings. The van der Waals surface area contributed by atoms with Crippen molar-refractivity contribution in [2.75, 3.05) is 0 Å². The molecule has 0 radical (unpaired) electrons. The van der Waals surface area contributed by atoms with Crippen LogP contribution in [0.5, 0.6) is 11.8 Å². The van der Waals surface area contributed by atoms with Gasteiger partial charge in [0.2, 0.25) is 11.8 Å². The van der Waals surface area contributed by atoms with Crippen molar-refractivity contribution >= 4 is 17.5 Å². The van der Waals surface area contributed by atoms with E-state index in [9.17, 15) is 24.6 Å². The van der Waals surface area contributed by atoms with Crippen molar-refractivity contribution in [3.05, 3.63) is 12.1 Å². The first-order chi connectivity index (χ1) is 8.99. The highest BCUT2D eigenvalue weighted by molar-refractivity contribution is 6.08. The van der Waals surface area contributed by atoms with Gasteiger partial charge < -0.3 is 15.1 Å². The first-order valence-corrected chi connectivity index (χ1v) is 5.85. The van der Waals surface area contributed by atoms with Gasteiger partial charge in [0.15, 0.2) is 0 Å². The lowest BCUT2D eigenvalue weighted by molar-refractivity contribution is -0.145. The number of Topliss-reactive ketones (excluding diaryl/α,β-unsaturated/α-hetero) is 2. The summed E-state index contributed by atoms with van der Waals surface area (Å²) in [6, 6.07) is 2.32. The molecule has 102 valence electrons. The number of hydrogen-bond donors (Lipinski definition) is 2. The third kappa shape index (κ3) is 2.75. The summed E-state index contributed by atoms with van der Waals surface area (Å²) in [7, 11) is 0. The fourth-order valence-electron chi connectivity index (χ4n) is 2.00. The van der Waals surface area contributed by atoms with Gasteiger partial charge in [0.1, 0.15) is 11.6 Å². The molecule has 0 spiro atoms. The molecule has 1 aliphatic rings. The molecule has 0 bridgehead atoms. The van der Waals surface area contributed by atoms with Gasteiger partial charge in [-0.25, -0.2) is 4.79 Å². The molecule has 7 heteroatoms. The van der Waals surface area contributed by atoms with Gasteiger partial charge in [-0.05, 0) is 6.42 Å². The molecule has 1 heterocycles. The van der Waals surface area contributed by atoms with Gasteiger partial charge in [0.05, 0.1) is 5.92 Å². The van der Waals surface area contributed by atoms with Crippen molar-refractivity contribution in [2.45, 2.75) is 25.7 Å². The van der Waals surface area contributed by atoms with Crippen LogP contribution in [0, 0.1) is 5.92 Å². The Morgan fingerprint density at radius 2 is 1.74 bits per heavy atom. The van der Waals surface area contributed by atoms with Crippen LogP contribution in [0.2, 0.25) is 0 Å². The summed E-state index contributed by atoms with van der Waals surface area (Å²) in [5.41, 5.74) is 0. The summed E-state index contributed by atoms with van der Waals surface area (Å²) < 4.78 is 0.570. The Kier molecular flexibility index (Phi) is 3.55. The summed E-state index contributed by atoms with van der Waals surface area (Å²) in [6.45, 7) is 0. The van der Waals surface area contributed by atoms with Crippen molar-refractivity contribution in [3.8, 4) is 11.8 Å². The van der Waals surface area contributed by atoms with Crippen LogP contribution in [0.4, 0.5) is 0 Å². The lowest BCUT2D eigenvalue weighted by atomic mass is 10.0. The first kappa shape index (κ1) is 13.1. The predicted molar refractivity (Wildman–Crippen MR) is 61.3 cm³/mol. The minimum Gasteiger partial charge on any atom is -0.492 e. The van der Waals surface area contributed by atoms with E-state index in [0.717, 1.165) is 12.1 Å². The zero-order valence-corrected chi connectivity index (χ0v) is 10.0. The first-order valence-electron chi connectivity index (χ1n) is 5.85. The highest BCUT2D eigenvalue weighted by Gasteiger charge is 2.33.